The molecule has 1 aromatic carbocycles. The molecule has 0 aliphatic carbocycles. The number of amides is 2. The van der Waals surface area contributed by atoms with E-state index in [0.29, 0.717) is 15.7 Å². The topological polar surface area (TPSA) is 49.4 Å². The lowest BCUT2D eigenvalue weighted by atomic mass is 10.2. The van der Waals surface area contributed by atoms with Crippen molar-refractivity contribution in [3.8, 4) is 0 Å². The van der Waals surface area contributed by atoms with Gasteiger partial charge in [-0.1, -0.05) is 29.3 Å². The van der Waals surface area contributed by atoms with Crippen LogP contribution in [-0.4, -0.2) is 24.4 Å². The van der Waals surface area contributed by atoms with Crippen LogP contribution in [0.1, 0.15) is 20.8 Å². The van der Waals surface area contributed by atoms with E-state index in [1.807, 2.05) is 13.8 Å². The lowest BCUT2D eigenvalue weighted by molar-refractivity contribution is -0.123. The summed E-state index contributed by atoms with van der Waals surface area (Å²) in [5.41, 5.74) is 0.359. The van der Waals surface area contributed by atoms with Gasteiger partial charge in [0.2, 0.25) is 11.8 Å². The fourth-order valence-electron chi connectivity index (χ4n) is 1.61. The zero-order valence-electron chi connectivity index (χ0n) is 11.0. The minimum atomic E-state index is -0.297. The third-order valence-electron chi connectivity index (χ3n) is 2.34. The molecule has 0 unspecified atom stereocenters. The van der Waals surface area contributed by atoms with Crippen LogP contribution in [0.4, 0.5) is 5.69 Å². The molecule has 104 valence electrons. The molecule has 1 rings (SSSR count). The normalized spacial score (nSPS) is 10.4. The summed E-state index contributed by atoms with van der Waals surface area (Å²) in [7, 11) is 0. The van der Waals surface area contributed by atoms with Crippen LogP contribution in [0.3, 0.4) is 0 Å². The van der Waals surface area contributed by atoms with Crippen molar-refractivity contribution in [2.45, 2.75) is 26.8 Å². The summed E-state index contributed by atoms with van der Waals surface area (Å²) in [6.45, 7) is 4.94. The largest absolute Gasteiger partial charge is 0.352 e. The minimum absolute atomic E-state index is 0.00280. The summed E-state index contributed by atoms with van der Waals surface area (Å²) in [6, 6.07) is 4.93. The van der Waals surface area contributed by atoms with Crippen molar-refractivity contribution in [1.82, 2.24) is 5.32 Å². The quantitative estimate of drug-likeness (QED) is 0.930. The number of carbonyl (C=O) groups is 2. The standard InChI is InChI=1S/C13H16Cl2N2O2/c1-8(2)16-12(19)7-17(9(3)18)13-10(14)5-4-6-11(13)15/h4-6,8H,7H2,1-3H3,(H,16,19). The Bertz CT molecular complexity index is 469. The molecule has 0 saturated heterocycles. The van der Waals surface area contributed by atoms with E-state index >= 15 is 0 Å². The van der Waals surface area contributed by atoms with Gasteiger partial charge < -0.3 is 10.2 Å². The molecule has 0 aliphatic heterocycles. The van der Waals surface area contributed by atoms with Gasteiger partial charge in [-0.15, -0.1) is 0 Å². The summed E-state index contributed by atoms with van der Waals surface area (Å²) < 4.78 is 0. The summed E-state index contributed by atoms with van der Waals surface area (Å²) in [6.07, 6.45) is 0. The molecular formula is C13H16Cl2N2O2. The van der Waals surface area contributed by atoms with E-state index in [9.17, 15) is 9.59 Å². The van der Waals surface area contributed by atoms with Gasteiger partial charge in [0.25, 0.3) is 0 Å². The average molecular weight is 303 g/mol. The van der Waals surface area contributed by atoms with Crippen molar-refractivity contribution < 1.29 is 9.59 Å². The number of para-hydroxylation sites is 1. The fourth-order valence-corrected chi connectivity index (χ4v) is 2.21. The molecule has 1 N–H and O–H groups in total. The maximum Gasteiger partial charge on any atom is 0.240 e. The molecule has 2 amide bonds. The van der Waals surface area contributed by atoms with Crippen molar-refractivity contribution in [2.24, 2.45) is 0 Å². The number of nitrogens with one attached hydrogen (secondary N) is 1. The zero-order chi connectivity index (χ0) is 14.6. The van der Waals surface area contributed by atoms with E-state index in [0.717, 1.165) is 0 Å². The first-order valence-corrected chi connectivity index (χ1v) is 6.60. The number of carbonyl (C=O) groups excluding carboxylic acids is 2. The number of benzene rings is 1. The maximum atomic E-state index is 11.8. The van der Waals surface area contributed by atoms with Gasteiger partial charge >= 0.3 is 0 Å². The number of hydrogen-bond acceptors (Lipinski definition) is 2. The minimum Gasteiger partial charge on any atom is -0.352 e. The molecule has 0 aliphatic rings. The first-order chi connectivity index (χ1) is 8.82. The van der Waals surface area contributed by atoms with Crippen molar-refractivity contribution in [3.05, 3.63) is 28.2 Å². The number of halogens is 2. The highest BCUT2D eigenvalue weighted by molar-refractivity contribution is 6.40. The smallest absolute Gasteiger partial charge is 0.240 e. The Labute approximate surface area is 122 Å². The molecule has 0 spiro atoms. The Morgan fingerprint density at radius 1 is 1.26 bits per heavy atom. The second kappa shape index (κ2) is 6.78. The predicted octanol–water partition coefficient (Wildman–Crippen LogP) is 2.87. The number of hydrogen-bond donors (Lipinski definition) is 1. The van der Waals surface area contributed by atoms with E-state index in [2.05, 4.69) is 5.32 Å². The predicted molar refractivity (Wildman–Crippen MR) is 77.8 cm³/mol. The second-order valence-corrected chi connectivity index (χ2v) is 5.21. The van der Waals surface area contributed by atoms with Crippen LogP contribution in [0, 0.1) is 0 Å². The van der Waals surface area contributed by atoms with Gasteiger partial charge in [0.05, 0.1) is 15.7 Å². The summed E-state index contributed by atoms with van der Waals surface area (Å²) in [5, 5.41) is 3.38. The highest BCUT2D eigenvalue weighted by atomic mass is 35.5. The number of rotatable bonds is 4. The lowest BCUT2D eigenvalue weighted by Gasteiger charge is -2.23. The number of nitrogens with zero attached hydrogens (tertiary/aromatic N) is 1. The lowest BCUT2D eigenvalue weighted by Crippen LogP contribution is -2.42. The molecule has 0 fully saturated rings. The second-order valence-electron chi connectivity index (χ2n) is 4.40. The van der Waals surface area contributed by atoms with Crippen LogP contribution >= 0.6 is 23.2 Å². The first kappa shape index (κ1) is 15.8. The van der Waals surface area contributed by atoms with Crippen molar-refractivity contribution in [3.63, 3.8) is 0 Å². The Kier molecular flexibility index (Phi) is 5.63. The third kappa shape index (κ3) is 4.40. The van der Waals surface area contributed by atoms with Crippen LogP contribution in [0.5, 0.6) is 0 Å². The molecule has 1 aromatic rings. The fraction of sp³-hybridized carbons (Fsp3) is 0.385. The summed E-state index contributed by atoms with van der Waals surface area (Å²) >= 11 is 12.1. The molecule has 0 heterocycles. The first-order valence-electron chi connectivity index (χ1n) is 5.84. The molecule has 0 aromatic heterocycles. The van der Waals surface area contributed by atoms with Crippen molar-refractivity contribution >= 4 is 40.7 Å². The summed E-state index contributed by atoms with van der Waals surface area (Å²) in [5.74, 6) is -0.560. The zero-order valence-corrected chi connectivity index (χ0v) is 12.5. The van der Waals surface area contributed by atoms with Gasteiger partial charge in [-0.3, -0.25) is 9.59 Å². The van der Waals surface area contributed by atoms with Gasteiger partial charge in [-0.2, -0.15) is 0 Å². The van der Waals surface area contributed by atoms with E-state index < -0.39 is 0 Å². The highest BCUT2D eigenvalue weighted by Crippen LogP contribution is 2.33. The monoisotopic (exact) mass is 302 g/mol. The van der Waals surface area contributed by atoms with Gasteiger partial charge in [0, 0.05) is 13.0 Å². The molecular weight excluding hydrogens is 287 g/mol. The van der Waals surface area contributed by atoms with Gasteiger partial charge in [0.15, 0.2) is 0 Å². The Hall–Kier alpha value is -1.26. The van der Waals surface area contributed by atoms with Crippen LogP contribution in [-0.2, 0) is 9.59 Å². The molecule has 4 nitrogen and oxygen atoms in total. The van der Waals surface area contributed by atoms with Crippen LogP contribution in [0.25, 0.3) is 0 Å². The van der Waals surface area contributed by atoms with Crippen molar-refractivity contribution in [2.75, 3.05) is 11.4 Å². The molecule has 6 heteroatoms. The SMILES string of the molecule is CC(=O)N(CC(=O)NC(C)C)c1c(Cl)cccc1Cl. The van der Waals surface area contributed by atoms with E-state index in [4.69, 9.17) is 23.2 Å². The Morgan fingerprint density at radius 2 is 1.79 bits per heavy atom. The Morgan fingerprint density at radius 3 is 2.21 bits per heavy atom. The molecule has 0 radical (unpaired) electrons. The average Bonchev–Trinajstić information content (AvgIpc) is 2.25. The maximum absolute atomic E-state index is 11.8. The van der Waals surface area contributed by atoms with Gasteiger partial charge in [-0.05, 0) is 26.0 Å². The summed E-state index contributed by atoms with van der Waals surface area (Å²) in [4.78, 5) is 24.7. The van der Waals surface area contributed by atoms with E-state index in [1.165, 1.54) is 11.8 Å². The molecule has 19 heavy (non-hydrogen) atoms. The van der Waals surface area contributed by atoms with Gasteiger partial charge in [0.1, 0.15) is 6.54 Å². The van der Waals surface area contributed by atoms with E-state index in [-0.39, 0.29) is 24.4 Å². The number of anilines is 1. The van der Waals surface area contributed by atoms with Crippen molar-refractivity contribution in [1.29, 1.82) is 0 Å². The molecule has 0 bridgehead atoms. The van der Waals surface area contributed by atoms with Crippen LogP contribution < -0.4 is 10.2 Å². The Balaban J connectivity index is 3.02. The van der Waals surface area contributed by atoms with Gasteiger partial charge in [-0.25, -0.2) is 0 Å². The molecule has 0 saturated carbocycles. The van der Waals surface area contributed by atoms with Crippen LogP contribution in [0.2, 0.25) is 10.0 Å². The third-order valence-corrected chi connectivity index (χ3v) is 2.95. The van der Waals surface area contributed by atoms with Crippen LogP contribution in [0.15, 0.2) is 18.2 Å². The van der Waals surface area contributed by atoms with E-state index in [1.54, 1.807) is 18.2 Å². The highest BCUT2D eigenvalue weighted by Gasteiger charge is 2.21. The molecule has 0 atom stereocenters.